The standard InChI is InChI=1S/C18H21Cl2N3O5S/c19-14-4-3-13(8-15(14)20)29(27,28)23-7-5-21-18(26)16(23)9-17(25)22-6-1-2-12(10-22)11-24/h3-5,7-8,12,16,24H,1-2,6,9-11H2,(H,21,26)/t12-,16+/m0/s1. The Hall–Kier alpha value is -1.81. The quantitative estimate of drug-likeness (QED) is 0.691. The molecule has 2 heterocycles. The SMILES string of the molecule is O=C1NC=CN(S(=O)(=O)c2ccc(Cl)c(Cl)c2)[C@@H]1CC(=O)N1CCC[C@H](CO)C1. The van der Waals surface area contributed by atoms with Gasteiger partial charge in [-0.3, -0.25) is 13.9 Å². The predicted octanol–water partition coefficient (Wildman–Crippen LogP) is 1.57. The minimum Gasteiger partial charge on any atom is -0.396 e. The Bertz CT molecular complexity index is 937. The van der Waals surface area contributed by atoms with Crippen molar-refractivity contribution in [1.29, 1.82) is 0 Å². The maximum absolute atomic E-state index is 13.1. The van der Waals surface area contributed by atoms with Gasteiger partial charge >= 0.3 is 0 Å². The van der Waals surface area contributed by atoms with Crippen LogP contribution in [-0.2, 0) is 19.6 Å². The molecule has 1 fully saturated rings. The van der Waals surface area contributed by atoms with E-state index < -0.39 is 22.0 Å². The molecular weight excluding hydrogens is 441 g/mol. The Labute approximate surface area is 179 Å². The monoisotopic (exact) mass is 461 g/mol. The number of aliphatic hydroxyl groups is 1. The maximum Gasteiger partial charge on any atom is 0.264 e. The summed E-state index contributed by atoms with van der Waals surface area (Å²) in [4.78, 5) is 26.6. The van der Waals surface area contributed by atoms with Crippen LogP contribution >= 0.6 is 23.2 Å². The molecule has 0 saturated carbocycles. The van der Waals surface area contributed by atoms with Gasteiger partial charge in [-0.1, -0.05) is 23.2 Å². The number of likely N-dealkylation sites (tertiary alicyclic amines) is 1. The van der Waals surface area contributed by atoms with Crippen LogP contribution in [0.1, 0.15) is 19.3 Å². The minimum absolute atomic E-state index is 0.0103. The van der Waals surface area contributed by atoms with Gasteiger partial charge in [-0.25, -0.2) is 8.42 Å². The molecule has 29 heavy (non-hydrogen) atoms. The average Bonchev–Trinajstić information content (AvgIpc) is 2.71. The summed E-state index contributed by atoms with van der Waals surface area (Å²) in [5, 5.41) is 12.1. The van der Waals surface area contributed by atoms with Crippen LogP contribution in [0, 0.1) is 5.92 Å². The number of carbonyl (C=O) groups excluding carboxylic acids is 2. The van der Waals surface area contributed by atoms with Gasteiger partial charge in [0, 0.05) is 32.1 Å². The Balaban J connectivity index is 1.84. The summed E-state index contributed by atoms with van der Waals surface area (Å²) < 4.78 is 27.1. The van der Waals surface area contributed by atoms with E-state index in [1.807, 2.05) is 0 Å². The maximum atomic E-state index is 13.1. The predicted molar refractivity (Wildman–Crippen MR) is 108 cm³/mol. The number of aliphatic hydroxyl groups excluding tert-OH is 1. The minimum atomic E-state index is -4.14. The molecule has 0 spiro atoms. The van der Waals surface area contributed by atoms with Gasteiger partial charge in [-0.2, -0.15) is 0 Å². The number of halogens is 2. The molecule has 1 aromatic carbocycles. The van der Waals surface area contributed by atoms with Crippen LogP contribution in [0.3, 0.4) is 0 Å². The first-order valence-electron chi connectivity index (χ1n) is 9.08. The molecule has 0 bridgehead atoms. The fourth-order valence-corrected chi connectivity index (χ4v) is 5.27. The normalized spacial score (nSPS) is 22.5. The zero-order valence-electron chi connectivity index (χ0n) is 15.4. The Kier molecular flexibility index (Phi) is 6.72. The van der Waals surface area contributed by atoms with Crippen molar-refractivity contribution >= 4 is 45.0 Å². The number of nitrogens with one attached hydrogen (secondary N) is 1. The molecule has 1 saturated heterocycles. The largest absolute Gasteiger partial charge is 0.396 e. The van der Waals surface area contributed by atoms with E-state index in [9.17, 15) is 23.1 Å². The van der Waals surface area contributed by atoms with Gasteiger partial charge in [-0.15, -0.1) is 0 Å². The van der Waals surface area contributed by atoms with Crippen molar-refractivity contribution < 1.29 is 23.1 Å². The molecule has 2 aliphatic heterocycles. The number of sulfonamides is 1. The van der Waals surface area contributed by atoms with Crippen molar-refractivity contribution in [3.8, 4) is 0 Å². The molecule has 2 amide bonds. The summed E-state index contributed by atoms with van der Waals surface area (Å²) in [5.41, 5.74) is 0. The van der Waals surface area contributed by atoms with Gasteiger partial charge in [0.1, 0.15) is 6.04 Å². The number of benzene rings is 1. The summed E-state index contributed by atoms with van der Waals surface area (Å²) in [6.45, 7) is 0.881. The Morgan fingerprint density at radius 2 is 2.03 bits per heavy atom. The first-order chi connectivity index (χ1) is 13.7. The summed E-state index contributed by atoms with van der Waals surface area (Å²) >= 11 is 11.8. The average molecular weight is 462 g/mol. The van der Waals surface area contributed by atoms with Crippen molar-refractivity contribution in [2.75, 3.05) is 19.7 Å². The van der Waals surface area contributed by atoms with Crippen LogP contribution in [0.2, 0.25) is 10.0 Å². The van der Waals surface area contributed by atoms with Gasteiger partial charge < -0.3 is 15.3 Å². The van der Waals surface area contributed by atoms with E-state index in [2.05, 4.69) is 5.32 Å². The molecule has 1 aromatic rings. The molecule has 0 aliphatic carbocycles. The smallest absolute Gasteiger partial charge is 0.264 e. The lowest BCUT2D eigenvalue weighted by molar-refractivity contribution is -0.137. The summed E-state index contributed by atoms with van der Waals surface area (Å²) in [6, 6.07) is 2.61. The molecule has 3 rings (SSSR count). The lowest BCUT2D eigenvalue weighted by atomic mass is 9.98. The molecule has 0 unspecified atom stereocenters. The van der Waals surface area contributed by atoms with Crippen LogP contribution in [0.25, 0.3) is 0 Å². The third-order valence-electron chi connectivity index (χ3n) is 5.02. The van der Waals surface area contributed by atoms with Gasteiger partial charge in [0.05, 0.1) is 21.4 Å². The number of amides is 2. The fraction of sp³-hybridized carbons (Fsp3) is 0.444. The van der Waals surface area contributed by atoms with Crippen LogP contribution in [-0.4, -0.2) is 60.3 Å². The lowest BCUT2D eigenvalue weighted by Gasteiger charge is -2.35. The molecule has 2 atom stereocenters. The topological polar surface area (TPSA) is 107 Å². The number of hydrogen-bond acceptors (Lipinski definition) is 5. The summed E-state index contributed by atoms with van der Waals surface area (Å²) in [7, 11) is -4.14. The van der Waals surface area contributed by atoms with E-state index in [-0.39, 0.29) is 39.8 Å². The third kappa shape index (κ3) is 4.69. The van der Waals surface area contributed by atoms with E-state index in [4.69, 9.17) is 23.2 Å². The highest BCUT2D eigenvalue weighted by molar-refractivity contribution is 7.89. The van der Waals surface area contributed by atoms with Crippen LogP contribution < -0.4 is 5.32 Å². The first-order valence-corrected chi connectivity index (χ1v) is 11.3. The Morgan fingerprint density at radius 3 is 2.72 bits per heavy atom. The van der Waals surface area contributed by atoms with Crippen molar-refractivity contribution in [2.24, 2.45) is 5.92 Å². The second kappa shape index (κ2) is 8.91. The van der Waals surface area contributed by atoms with E-state index >= 15 is 0 Å². The van der Waals surface area contributed by atoms with Crippen LogP contribution in [0.4, 0.5) is 0 Å². The molecule has 11 heteroatoms. The summed E-state index contributed by atoms with van der Waals surface area (Å²) in [6.07, 6.45) is 3.68. The van der Waals surface area contributed by atoms with Crippen molar-refractivity contribution in [3.63, 3.8) is 0 Å². The highest BCUT2D eigenvalue weighted by Gasteiger charge is 2.38. The zero-order chi connectivity index (χ0) is 21.2. The molecule has 158 valence electrons. The van der Waals surface area contributed by atoms with Crippen molar-refractivity contribution in [1.82, 2.24) is 14.5 Å². The zero-order valence-corrected chi connectivity index (χ0v) is 17.8. The van der Waals surface area contributed by atoms with E-state index in [1.54, 1.807) is 4.90 Å². The lowest BCUT2D eigenvalue weighted by Crippen LogP contribution is -2.52. The molecular formula is C18H21Cl2N3O5S. The number of hydrogen-bond donors (Lipinski definition) is 2. The van der Waals surface area contributed by atoms with E-state index in [0.717, 1.165) is 17.1 Å². The highest BCUT2D eigenvalue weighted by Crippen LogP contribution is 2.29. The number of rotatable bonds is 5. The first kappa shape index (κ1) is 21.9. The second-order valence-corrected chi connectivity index (χ2v) is 9.64. The van der Waals surface area contributed by atoms with Gasteiger partial charge in [0.2, 0.25) is 11.8 Å². The number of nitrogens with zero attached hydrogens (tertiary/aromatic N) is 2. The van der Waals surface area contributed by atoms with Gasteiger partial charge in [0.25, 0.3) is 10.0 Å². The number of piperidine rings is 1. The van der Waals surface area contributed by atoms with Crippen molar-refractivity contribution in [3.05, 3.63) is 40.6 Å². The molecule has 8 nitrogen and oxygen atoms in total. The van der Waals surface area contributed by atoms with Crippen LogP contribution in [0.15, 0.2) is 35.5 Å². The van der Waals surface area contributed by atoms with Gasteiger partial charge in [-0.05, 0) is 37.0 Å². The Morgan fingerprint density at radius 1 is 1.28 bits per heavy atom. The van der Waals surface area contributed by atoms with E-state index in [1.165, 1.54) is 30.6 Å². The second-order valence-electron chi connectivity index (χ2n) is 6.99. The molecule has 0 radical (unpaired) electrons. The summed E-state index contributed by atoms with van der Waals surface area (Å²) in [5.74, 6) is -0.947. The molecule has 0 aromatic heterocycles. The number of carbonyl (C=O) groups is 2. The highest BCUT2D eigenvalue weighted by atomic mass is 35.5. The molecule has 2 aliphatic rings. The van der Waals surface area contributed by atoms with Crippen LogP contribution in [0.5, 0.6) is 0 Å². The van der Waals surface area contributed by atoms with E-state index in [0.29, 0.717) is 13.1 Å². The fourth-order valence-electron chi connectivity index (χ4n) is 3.43. The van der Waals surface area contributed by atoms with Crippen molar-refractivity contribution in [2.45, 2.75) is 30.2 Å². The van der Waals surface area contributed by atoms with Gasteiger partial charge in [0.15, 0.2) is 0 Å². The third-order valence-corrected chi connectivity index (χ3v) is 7.54. The molecule has 2 N–H and O–H groups in total.